The summed E-state index contributed by atoms with van der Waals surface area (Å²) in [6, 6.07) is 7.67. The van der Waals surface area contributed by atoms with Crippen molar-refractivity contribution in [2.75, 3.05) is 0 Å². The van der Waals surface area contributed by atoms with Crippen molar-refractivity contribution in [2.45, 2.75) is 19.0 Å². The van der Waals surface area contributed by atoms with Crippen LogP contribution in [0.4, 0.5) is 0 Å². The van der Waals surface area contributed by atoms with Crippen molar-refractivity contribution >= 4 is 5.91 Å². The van der Waals surface area contributed by atoms with Crippen molar-refractivity contribution in [3.63, 3.8) is 0 Å². The third-order valence-corrected chi connectivity index (χ3v) is 2.42. The molecule has 4 heteroatoms. The highest BCUT2D eigenvalue weighted by Gasteiger charge is 2.33. The lowest BCUT2D eigenvalue weighted by molar-refractivity contribution is -0.118. The first-order chi connectivity index (χ1) is 6.70. The van der Waals surface area contributed by atoms with Crippen molar-refractivity contribution in [1.29, 1.82) is 0 Å². The second kappa shape index (κ2) is 3.31. The summed E-state index contributed by atoms with van der Waals surface area (Å²) in [6.07, 6.45) is -0.524. The summed E-state index contributed by atoms with van der Waals surface area (Å²) in [7, 11) is 0. The van der Waals surface area contributed by atoms with Gasteiger partial charge in [0.2, 0.25) is 0 Å². The third kappa shape index (κ3) is 1.33. The van der Waals surface area contributed by atoms with E-state index in [1.165, 1.54) is 0 Å². The summed E-state index contributed by atoms with van der Waals surface area (Å²) in [5, 5.41) is 7.15. The van der Waals surface area contributed by atoms with Crippen LogP contribution in [-0.2, 0) is 4.79 Å². The summed E-state index contributed by atoms with van der Waals surface area (Å²) in [5.74, 6) is -0.636. The first-order valence-electron chi connectivity index (χ1n) is 4.46. The van der Waals surface area contributed by atoms with Crippen molar-refractivity contribution in [3.05, 3.63) is 35.4 Å². The normalized spacial score (nSPS) is 25.7. The summed E-state index contributed by atoms with van der Waals surface area (Å²) >= 11 is 0. The molecule has 1 aliphatic heterocycles. The average molecular weight is 189 g/mol. The summed E-state index contributed by atoms with van der Waals surface area (Å²) < 4.78 is 0. The van der Waals surface area contributed by atoms with Crippen molar-refractivity contribution < 1.29 is 4.79 Å². The van der Waals surface area contributed by atoms with Crippen LogP contribution in [-0.4, -0.2) is 12.1 Å². The molecule has 0 aliphatic carbocycles. The van der Waals surface area contributed by atoms with Crippen LogP contribution in [0.15, 0.2) is 34.5 Å². The van der Waals surface area contributed by atoms with Gasteiger partial charge in [-0.2, -0.15) is 5.11 Å². The predicted molar refractivity (Wildman–Crippen MR) is 51.8 cm³/mol. The van der Waals surface area contributed by atoms with E-state index in [4.69, 9.17) is 5.73 Å². The third-order valence-electron chi connectivity index (χ3n) is 2.42. The van der Waals surface area contributed by atoms with E-state index in [1.807, 2.05) is 31.2 Å². The quantitative estimate of drug-likeness (QED) is 0.724. The molecule has 72 valence electrons. The van der Waals surface area contributed by atoms with E-state index in [0.29, 0.717) is 0 Å². The molecule has 0 spiro atoms. The monoisotopic (exact) mass is 189 g/mol. The molecule has 14 heavy (non-hydrogen) atoms. The number of amides is 1. The Kier molecular flexibility index (Phi) is 2.13. The first kappa shape index (κ1) is 9.02. The van der Waals surface area contributed by atoms with Gasteiger partial charge in [0, 0.05) is 0 Å². The Balaban J connectivity index is 2.41. The Labute approximate surface area is 81.8 Å². The molecule has 2 rings (SSSR count). The van der Waals surface area contributed by atoms with E-state index in [1.54, 1.807) is 0 Å². The molecular weight excluding hydrogens is 178 g/mol. The number of carbonyl (C=O) groups excluding carboxylic acids is 1. The van der Waals surface area contributed by atoms with Gasteiger partial charge >= 0.3 is 0 Å². The number of rotatable bonds is 1. The van der Waals surface area contributed by atoms with Gasteiger partial charge in [0.1, 0.15) is 12.1 Å². The molecule has 0 aromatic heterocycles. The van der Waals surface area contributed by atoms with Gasteiger partial charge < -0.3 is 5.73 Å². The van der Waals surface area contributed by atoms with Crippen LogP contribution in [0, 0.1) is 6.92 Å². The Morgan fingerprint density at radius 2 is 2.07 bits per heavy atom. The van der Waals surface area contributed by atoms with E-state index in [0.717, 1.165) is 11.1 Å². The minimum absolute atomic E-state index is 0.244. The van der Waals surface area contributed by atoms with Crippen LogP contribution >= 0.6 is 0 Å². The molecule has 2 N–H and O–H groups in total. The fourth-order valence-corrected chi connectivity index (χ4v) is 1.65. The Morgan fingerprint density at radius 3 is 2.64 bits per heavy atom. The smallest absolute Gasteiger partial charge is 0.275 e. The first-order valence-corrected chi connectivity index (χ1v) is 4.46. The summed E-state index contributed by atoms with van der Waals surface area (Å²) in [6.45, 7) is 1.95. The maximum absolute atomic E-state index is 11.4. The molecule has 4 nitrogen and oxygen atoms in total. The van der Waals surface area contributed by atoms with E-state index < -0.39 is 12.1 Å². The standard InChI is InChI=1S/C10H11N3O/c1-6-4-2-3-5-7(6)8-9(11)12-13-10(8)14/h2-5,8-9H,11H2,1H3. The van der Waals surface area contributed by atoms with Gasteiger partial charge in [0.15, 0.2) is 0 Å². The zero-order valence-corrected chi connectivity index (χ0v) is 7.84. The number of aryl methyl sites for hydroxylation is 1. The molecule has 0 fully saturated rings. The average Bonchev–Trinajstić information content (AvgIpc) is 2.48. The lowest BCUT2D eigenvalue weighted by atomic mass is 9.93. The van der Waals surface area contributed by atoms with Gasteiger partial charge in [-0.1, -0.05) is 24.3 Å². The molecular formula is C10H11N3O. The van der Waals surface area contributed by atoms with Crippen molar-refractivity contribution in [3.8, 4) is 0 Å². The van der Waals surface area contributed by atoms with Gasteiger partial charge in [-0.15, -0.1) is 5.11 Å². The number of nitrogens with two attached hydrogens (primary N) is 1. The van der Waals surface area contributed by atoms with E-state index in [-0.39, 0.29) is 5.91 Å². The highest BCUT2D eigenvalue weighted by atomic mass is 16.2. The number of hydrogen-bond donors (Lipinski definition) is 1. The van der Waals surface area contributed by atoms with Crippen LogP contribution in [0.25, 0.3) is 0 Å². The number of carbonyl (C=O) groups is 1. The number of nitrogens with zero attached hydrogens (tertiary/aromatic N) is 2. The van der Waals surface area contributed by atoms with Crippen LogP contribution in [0.1, 0.15) is 17.0 Å². The van der Waals surface area contributed by atoms with Crippen LogP contribution in [0.2, 0.25) is 0 Å². The highest BCUT2D eigenvalue weighted by molar-refractivity contribution is 5.86. The second-order valence-electron chi connectivity index (χ2n) is 3.38. The molecule has 2 atom stereocenters. The zero-order chi connectivity index (χ0) is 10.1. The molecule has 0 saturated carbocycles. The number of benzene rings is 1. The predicted octanol–water partition coefficient (Wildman–Crippen LogP) is 1.36. The molecule has 1 aliphatic rings. The largest absolute Gasteiger partial charge is 0.307 e. The van der Waals surface area contributed by atoms with Crippen LogP contribution in [0.3, 0.4) is 0 Å². The zero-order valence-electron chi connectivity index (χ0n) is 7.84. The van der Waals surface area contributed by atoms with Crippen LogP contribution < -0.4 is 5.73 Å². The SMILES string of the molecule is Cc1ccccc1C1C(=O)N=NC1N. The minimum Gasteiger partial charge on any atom is -0.307 e. The number of azo groups is 1. The molecule has 0 saturated heterocycles. The van der Waals surface area contributed by atoms with Gasteiger partial charge in [-0.3, -0.25) is 4.79 Å². The van der Waals surface area contributed by atoms with E-state index >= 15 is 0 Å². The molecule has 0 radical (unpaired) electrons. The lowest BCUT2D eigenvalue weighted by Crippen LogP contribution is -2.26. The molecule has 0 bridgehead atoms. The Morgan fingerprint density at radius 1 is 1.36 bits per heavy atom. The second-order valence-corrected chi connectivity index (χ2v) is 3.38. The van der Waals surface area contributed by atoms with Crippen LogP contribution in [0.5, 0.6) is 0 Å². The highest BCUT2D eigenvalue weighted by Crippen LogP contribution is 2.28. The van der Waals surface area contributed by atoms with E-state index in [2.05, 4.69) is 10.2 Å². The Bertz CT molecular complexity index is 400. The maximum atomic E-state index is 11.4. The minimum atomic E-state index is -0.524. The van der Waals surface area contributed by atoms with Gasteiger partial charge in [-0.25, -0.2) is 0 Å². The van der Waals surface area contributed by atoms with Gasteiger partial charge in [0.25, 0.3) is 5.91 Å². The van der Waals surface area contributed by atoms with Crippen molar-refractivity contribution in [1.82, 2.24) is 0 Å². The Hall–Kier alpha value is -1.55. The fraction of sp³-hybridized carbons (Fsp3) is 0.300. The fourth-order valence-electron chi connectivity index (χ4n) is 1.65. The summed E-state index contributed by atoms with van der Waals surface area (Å²) in [5.41, 5.74) is 7.66. The van der Waals surface area contributed by atoms with Gasteiger partial charge in [0.05, 0.1) is 0 Å². The van der Waals surface area contributed by atoms with Gasteiger partial charge in [-0.05, 0) is 18.1 Å². The molecule has 1 amide bonds. The molecule has 2 unspecified atom stereocenters. The number of hydrogen-bond acceptors (Lipinski definition) is 3. The summed E-state index contributed by atoms with van der Waals surface area (Å²) in [4.78, 5) is 11.4. The topological polar surface area (TPSA) is 67.8 Å². The molecule has 1 aromatic carbocycles. The van der Waals surface area contributed by atoms with E-state index in [9.17, 15) is 4.79 Å². The molecule has 1 heterocycles. The lowest BCUT2D eigenvalue weighted by Gasteiger charge is -2.13. The molecule has 1 aromatic rings. The maximum Gasteiger partial charge on any atom is 0.275 e. The van der Waals surface area contributed by atoms with Crippen molar-refractivity contribution in [2.24, 2.45) is 16.0 Å².